The molecule has 3 heterocycles. The van der Waals surface area contributed by atoms with Gasteiger partial charge < -0.3 is 19.6 Å². The first-order valence-electron chi connectivity index (χ1n) is 10.2. The van der Waals surface area contributed by atoms with Gasteiger partial charge in [-0.05, 0) is 61.5 Å². The molecule has 0 spiro atoms. The number of aromatic amines is 1. The van der Waals surface area contributed by atoms with E-state index in [1.165, 1.54) is 11.9 Å². The maximum Gasteiger partial charge on any atom is 0.240 e. The highest BCUT2D eigenvalue weighted by Crippen LogP contribution is 2.26. The number of hydrogen-bond donors (Lipinski definition) is 3. The maximum atomic E-state index is 13.2. The molecule has 7 nitrogen and oxygen atoms in total. The Kier molecular flexibility index (Phi) is 6.43. The number of benzene rings is 1. The van der Waals surface area contributed by atoms with Gasteiger partial charge in [0.05, 0.1) is 12.1 Å². The zero-order valence-electron chi connectivity index (χ0n) is 16.6. The Balaban J connectivity index is 1.48. The summed E-state index contributed by atoms with van der Waals surface area (Å²) in [5, 5.41) is 20.1. The molecule has 3 N–H and O–H groups in total. The molecule has 4 rings (SSSR count). The lowest BCUT2D eigenvalue weighted by atomic mass is 10.1. The Hall–Kier alpha value is -2.73. The molecule has 1 aliphatic heterocycles. The number of aryl methyl sites for hydroxylation is 1. The SMILES string of the molecule is N#Cc1cccn1CCC(NSc1cccc2[nH]ccc12)C(=O)N1CCC(O)CC1. The second-order valence-corrected chi connectivity index (χ2v) is 8.39. The van der Waals surface area contributed by atoms with E-state index in [1.807, 2.05) is 52.2 Å². The van der Waals surface area contributed by atoms with Gasteiger partial charge in [0.1, 0.15) is 11.8 Å². The zero-order valence-corrected chi connectivity index (χ0v) is 17.4. The average Bonchev–Trinajstić information content (AvgIpc) is 3.43. The molecule has 0 saturated carbocycles. The molecule has 0 radical (unpaired) electrons. The second kappa shape index (κ2) is 9.39. The number of H-pyrrole nitrogens is 1. The number of aliphatic hydroxyl groups excluding tert-OH is 1. The number of amides is 1. The standard InChI is InChI=1S/C22H25N5O2S/c23-15-16-3-2-11-26(16)14-9-20(22(29)27-12-7-17(28)8-13-27)25-30-21-5-1-4-19-18(21)6-10-24-19/h1-6,10-11,17,20,24-25,28H,7-9,12-14H2. The minimum atomic E-state index is -0.395. The van der Waals surface area contributed by atoms with Crippen LogP contribution in [-0.4, -0.2) is 50.7 Å². The van der Waals surface area contributed by atoms with Gasteiger partial charge in [-0.2, -0.15) is 5.26 Å². The van der Waals surface area contributed by atoms with Crippen molar-refractivity contribution in [1.82, 2.24) is 19.2 Å². The molecule has 1 fully saturated rings. The molecule has 1 aromatic carbocycles. The third-order valence-electron chi connectivity index (χ3n) is 5.54. The summed E-state index contributed by atoms with van der Waals surface area (Å²) < 4.78 is 5.25. The van der Waals surface area contributed by atoms with Crippen LogP contribution in [0.4, 0.5) is 0 Å². The topological polar surface area (TPSA) is 97.1 Å². The summed E-state index contributed by atoms with van der Waals surface area (Å²) in [6.45, 7) is 1.72. The summed E-state index contributed by atoms with van der Waals surface area (Å²) in [5.74, 6) is 0.0429. The van der Waals surface area contributed by atoms with E-state index in [9.17, 15) is 15.2 Å². The van der Waals surface area contributed by atoms with Crippen molar-refractivity contribution in [3.63, 3.8) is 0 Å². The number of carbonyl (C=O) groups excluding carboxylic acids is 1. The zero-order chi connectivity index (χ0) is 20.9. The lowest BCUT2D eigenvalue weighted by Gasteiger charge is -2.32. The molecule has 1 unspecified atom stereocenters. The first-order valence-corrected chi connectivity index (χ1v) is 11.0. The summed E-state index contributed by atoms with van der Waals surface area (Å²) in [6.07, 6.45) is 5.25. The monoisotopic (exact) mass is 423 g/mol. The maximum absolute atomic E-state index is 13.2. The molecule has 30 heavy (non-hydrogen) atoms. The molecule has 1 atom stereocenters. The van der Waals surface area contributed by atoms with Gasteiger partial charge in [0.25, 0.3) is 0 Å². The van der Waals surface area contributed by atoms with Gasteiger partial charge in [-0.3, -0.25) is 4.79 Å². The number of aliphatic hydroxyl groups is 1. The smallest absolute Gasteiger partial charge is 0.240 e. The number of likely N-dealkylation sites (tertiary alicyclic amines) is 1. The van der Waals surface area contributed by atoms with Crippen LogP contribution in [-0.2, 0) is 11.3 Å². The fourth-order valence-corrected chi connectivity index (χ4v) is 4.72. The van der Waals surface area contributed by atoms with Crippen molar-refractivity contribution in [3.05, 3.63) is 54.5 Å². The molecular formula is C22H25N5O2S. The predicted octanol–water partition coefficient (Wildman–Crippen LogP) is 2.88. The van der Waals surface area contributed by atoms with Gasteiger partial charge in [0, 0.05) is 47.8 Å². The largest absolute Gasteiger partial charge is 0.393 e. The number of carbonyl (C=O) groups is 1. The van der Waals surface area contributed by atoms with E-state index in [0.717, 1.165) is 15.8 Å². The molecule has 0 bridgehead atoms. The van der Waals surface area contributed by atoms with E-state index in [-0.39, 0.29) is 12.0 Å². The highest BCUT2D eigenvalue weighted by atomic mass is 32.2. The quantitative estimate of drug-likeness (QED) is 0.508. The Morgan fingerprint density at radius 3 is 2.93 bits per heavy atom. The number of nitriles is 1. The second-order valence-electron chi connectivity index (χ2n) is 7.51. The Morgan fingerprint density at radius 1 is 1.30 bits per heavy atom. The van der Waals surface area contributed by atoms with E-state index in [1.54, 1.807) is 6.07 Å². The summed E-state index contributed by atoms with van der Waals surface area (Å²) in [7, 11) is 0. The van der Waals surface area contributed by atoms with Gasteiger partial charge in [-0.15, -0.1) is 0 Å². The van der Waals surface area contributed by atoms with E-state index in [0.29, 0.717) is 44.6 Å². The van der Waals surface area contributed by atoms with E-state index in [2.05, 4.69) is 15.8 Å². The minimum absolute atomic E-state index is 0.0429. The first-order chi connectivity index (χ1) is 14.7. The van der Waals surface area contributed by atoms with Gasteiger partial charge in [0.15, 0.2) is 0 Å². The Bertz CT molecular complexity index is 1050. The lowest BCUT2D eigenvalue weighted by molar-refractivity contribution is -0.135. The predicted molar refractivity (Wildman–Crippen MR) is 117 cm³/mol. The van der Waals surface area contributed by atoms with Crippen LogP contribution in [0.5, 0.6) is 0 Å². The number of fused-ring (bicyclic) bond motifs is 1. The normalized spacial score (nSPS) is 15.9. The van der Waals surface area contributed by atoms with Crippen molar-refractivity contribution >= 4 is 28.8 Å². The number of hydrogen-bond acceptors (Lipinski definition) is 5. The van der Waals surface area contributed by atoms with Crippen molar-refractivity contribution in [3.8, 4) is 6.07 Å². The Labute approximate surface area is 179 Å². The molecule has 0 aliphatic carbocycles. The number of piperidine rings is 1. The summed E-state index contributed by atoms with van der Waals surface area (Å²) in [6, 6.07) is 13.5. The van der Waals surface area contributed by atoms with Gasteiger partial charge in [-0.25, -0.2) is 4.72 Å². The molecular weight excluding hydrogens is 398 g/mol. The van der Waals surface area contributed by atoms with Gasteiger partial charge in [-0.1, -0.05) is 6.07 Å². The fourth-order valence-electron chi connectivity index (χ4n) is 3.80. The molecule has 2 aromatic heterocycles. The highest BCUT2D eigenvalue weighted by molar-refractivity contribution is 7.97. The average molecular weight is 424 g/mol. The third kappa shape index (κ3) is 4.54. The van der Waals surface area contributed by atoms with Crippen molar-refractivity contribution in [1.29, 1.82) is 5.26 Å². The number of rotatable bonds is 7. The highest BCUT2D eigenvalue weighted by Gasteiger charge is 2.28. The van der Waals surface area contributed by atoms with E-state index < -0.39 is 6.04 Å². The molecule has 156 valence electrons. The van der Waals surface area contributed by atoms with Crippen molar-refractivity contribution < 1.29 is 9.90 Å². The van der Waals surface area contributed by atoms with E-state index in [4.69, 9.17) is 0 Å². The van der Waals surface area contributed by atoms with Crippen LogP contribution in [0.25, 0.3) is 10.9 Å². The molecule has 1 aliphatic rings. The van der Waals surface area contributed by atoms with Crippen LogP contribution < -0.4 is 4.72 Å². The summed E-state index contributed by atoms with van der Waals surface area (Å²) in [4.78, 5) is 19.3. The summed E-state index contributed by atoms with van der Waals surface area (Å²) >= 11 is 1.46. The molecule has 1 saturated heterocycles. The van der Waals surface area contributed by atoms with Crippen LogP contribution in [0.1, 0.15) is 25.0 Å². The minimum Gasteiger partial charge on any atom is -0.393 e. The third-order valence-corrected chi connectivity index (χ3v) is 6.52. The molecule has 3 aromatic rings. The van der Waals surface area contributed by atoms with Crippen LogP contribution in [0.2, 0.25) is 0 Å². The van der Waals surface area contributed by atoms with Gasteiger partial charge in [0.2, 0.25) is 5.91 Å². The number of nitrogens with zero attached hydrogens (tertiary/aromatic N) is 3. The van der Waals surface area contributed by atoms with Crippen molar-refractivity contribution in [2.24, 2.45) is 0 Å². The van der Waals surface area contributed by atoms with Crippen molar-refractivity contribution in [2.75, 3.05) is 13.1 Å². The van der Waals surface area contributed by atoms with Crippen LogP contribution >= 0.6 is 11.9 Å². The van der Waals surface area contributed by atoms with Crippen LogP contribution in [0.15, 0.2) is 53.7 Å². The molecule has 8 heteroatoms. The van der Waals surface area contributed by atoms with E-state index >= 15 is 0 Å². The summed E-state index contributed by atoms with van der Waals surface area (Å²) in [5.41, 5.74) is 1.65. The number of aromatic nitrogens is 2. The lowest BCUT2D eigenvalue weighted by Crippen LogP contribution is -2.48. The fraction of sp³-hybridized carbons (Fsp3) is 0.364. The van der Waals surface area contributed by atoms with Crippen LogP contribution in [0.3, 0.4) is 0 Å². The number of nitrogens with one attached hydrogen (secondary N) is 2. The van der Waals surface area contributed by atoms with Crippen molar-refractivity contribution in [2.45, 2.75) is 42.8 Å². The first kappa shape index (κ1) is 20.5. The van der Waals surface area contributed by atoms with Gasteiger partial charge >= 0.3 is 0 Å². The van der Waals surface area contributed by atoms with Crippen LogP contribution in [0, 0.1) is 11.3 Å². The molecule has 1 amide bonds. The Morgan fingerprint density at radius 2 is 2.13 bits per heavy atom.